The predicted octanol–water partition coefficient (Wildman–Crippen LogP) is 6.46. The molecular weight excluding hydrogens is 522 g/mol. The summed E-state index contributed by atoms with van der Waals surface area (Å²) in [5.74, 6) is -0.187. The normalized spacial score (nSPS) is 13.7. The maximum atomic E-state index is 13.7. The third kappa shape index (κ3) is 5.38. The molecule has 1 fully saturated rings. The van der Waals surface area contributed by atoms with E-state index in [0.717, 1.165) is 72.0 Å². The molecule has 0 aliphatic carbocycles. The van der Waals surface area contributed by atoms with E-state index >= 15 is 0 Å². The molecule has 212 valence electrons. The Labute approximate surface area is 246 Å². The van der Waals surface area contributed by atoms with E-state index in [1.807, 2.05) is 97.2 Å². The van der Waals surface area contributed by atoms with E-state index in [1.54, 1.807) is 0 Å². The zero-order valence-corrected chi connectivity index (χ0v) is 24.3. The average molecular weight is 558 g/mol. The van der Waals surface area contributed by atoms with E-state index in [4.69, 9.17) is 4.98 Å². The highest BCUT2D eigenvalue weighted by molar-refractivity contribution is 6.47. The summed E-state index contributed by atoms with van der Waals surface area (Å²) in [5.41, 5.74) is 7.88. The Hall–Kier alpha value is -4.91. The molecule has 1 aliphatic heterocycles. The SMILES string of the molecule is Cc1cc(C)nc(N2CCCN(c3ccc(NC(=O)C(=O)c4c(-c5ccccc5)c(C)c5ccccn45)cc3)CC2)c1. The van der Waals surface area contributed by atoms with Gasteiger partial charge in [-0.2, -0.15) is 0 Å². The first-order valence-corrected chi connectivity index (χ1v) is 14.4. The number of amides is 1. The monoisotopic (exact) mass is 557 g/mol. The number of aromatic nitrogens is 2. The Morgan fingerprint density at radius 1 is 0.786 bits per heavy atom. The minimum Gasteiger partial charge on any atom is -0.370 e. The minimum absolute atomic E-state index is 0.371. The summed E-state index contributed by atoms with van der Waals surface area (Å²) >= 11 is 0. The largest absolute Gasteiger partial charge is 0.370 e. The van der Waals surface area contributed by atoms with Gasteiger partial charge in [-0.1, -0.05) is 36.4 Å². The van der Waals surface area contributed by atoms with Crippen LogP contribution >= 0.6 is 0 Å². The second-order valence-corrected chi connectivity index (χ2v) is 11.0. The van der Waals surface area contributed by atoms with Gasteiger partial charge < -0.3 is 19.5 Å². The summed E-state index contributed by atoms with van der Waals surface area (Å²) in [6.45, 7) is 9.81. The molecule has 1 N–H and O–H groups in total. The van der Waals surface area contributed by atoms with Gasteiger partial charge in [0.1, 0.15) is 11.5 Å². The number of nitrogens with one attached hydrogen (secondary N) is 1. The zero-order valence-electron chi connectivity index (χ0n) is 24.3. The molecule has 0 unspecified atom stereocenters. The summed E-state index contributed by atoms with van der Waals surface area (Å²) in [5, 5.41) is 2.84. The van der Waals surface area contributed by atoms with Crippen molar-refractivity contribution in [3.8, 4) is 11.1 Å². The number of hydrogen-bond acceptors (Lipinski definition) is 5. The first-order valence-electron chi connectivity index (χ1n) is 14.4. The first-order chi connectivity index (χ1) is 20.4. The molecule has 4 heterocycles. The fraction of sp³-hybridized carbons (Fsp3) is 0.229. The number of hydrogen-bond donors (Lipinski definition) is 1. The number of rotatable bonds is 6. The molecule has 42 heavy (non-hydrogen) atoms. The van der Waals surface area contributed by atoms with Crippen molar-refractivity contribution >= 4 is 34.4 Å². The van der Waals surface area contributed by atoms with Gasteiger partial charge in [-0.15, -0.1) is 0 Å². The Morgan fingerprint density at radius 2 is 1.50 bits per heavy atom. The third-order valence-electron chi connectivity index (χ3n) is 7.98. The van der Waals surface area contributed by atoms with Crippen LogP contribution in [0.1, 0.15) is 33.7 Å². The lowest BCUT2D eigenvalue weighted by molar-refractivity contribution is -0.112. The van der Waals surface area contributed by atoms with E-state index in [9.17, 15) is 9.59 Å². The molecule has 0 spiro atoms. The summed E-state index contributed by atoms with van der Waals surface area (Å²) in [6, 6.07) is 27.6. The number of ketones is 1. The van der Waals surface area contributed by atoms with Crippen LogP contribution in [-0.2, 0) is 4.79 Å². The van der Waals surface area contributed by atoms with E-state index in [2.05, 4.69) is 34.2 Å². The quantitative estimate of drug-likeness (QED) is 0.192. The first kappa shape index (κ1) is 27.3. The van der Waals surface area contributed by atoms with Crippen LogP contribution in [0.15, 0.2) is 91.1 Å². The molecule has 1 amide bonds. The highest BCUT2D eigenvalue weighted by Gasteiger charge is 2.27. The Balaban J connectivity index is 1.18. The smallest absolute Gasteiger partial charge is 0.298 e. The van der Waals surface area contributed by atoms with E-state index in [0.29, 0.717) is 11.4 Å². The highest BCUT2D eigenvalue weighted by atomic mass is 16.2. The summed E-state index contributed by atoms with van der Waals surface area (Å²) in [6.07, 6.45) is 2.86. The van der Waals surface area contributed by atoms with E-state index in [-0.39, 0.29) is 0 Å². The summed E-state index contributed by atoms with van der Waals surface area (Å²) in [7, 11) is 0. The molecule has 5 aromatic rings. The van der Waals surface area contributed by atoms with Crippen molar-refractivity contribution in [2.45, 2.75) is 27.2 Å². The number of carbonyl (C=O) groups is 2. The lowest BCUT2D eigenvalue weighted by Gasteiger charge is -2.24. The number of carbonyl (C=O) groups excluding carboxylic acids is 2. The molecule has 1 aliphatic rings. The van der Waals surface area contributed by atoms with Gasteiger partial charge in [0.25, 0.3) is 11.7 Å². The van der Waals surface area contributed by atoms with Crippen LogP contribution in [0.2, 0.25) is 0 Å². The maximum Gasteiger partial charge on any atom is 0.298 e. The van der Waals surface area contributed by atoms with Crippen LogP contribution in [-0.4, -0.2) is 47.3 Å². The van der Waals surface area contributed by atoms with Crippen LogP contribution < -0.4 is 15.1 Å². The topological polar surface area (TPSA) is 70.0 Å². The van der Waals surface area contributed by atoms with Gasteiger partial charge in [-0.05, 0) is 92.4 Å². The van der Waals surface area contributed by atoms with Crippen molar-refractivity contribution in [3.63, 3.8) is 0 Å². The summed E-state index contributed by atoms with van der Waals surface area (Å²) < 4.78 is 1.82. The number of Topliss-reactive ketones (excluding diaryl/α,β-unsaturated/α-hetero) is 1. The van der Waals surface area contributed by atoms with Crippen molar-refractivity contribution < 1.29 is 9.59 Å². The molecule has 1 saturated heterocycles. The van der Waals surface area contributed by atoms with Crippen molar-refractivity contribution in [2.24, 2.45) is 0 Å². The lowest BCUT2D eigenvalue weighted by Crippen LogP contribution is -2.31. The molecule has 0 radical (unpaired) electrons. The van der Waals surface area contributed by atoms with Crippen molar-refractivity contribution in [2.75, 3.05) is 41.3 Å². The minimum atomic E-state index is -0.658. The van der Waals surface area contributed by atoms with Crippen molar-refractivity contribution in [3.05, 3.63) is 114 Å². The van der Waals surface area contributed by atoms with Gasteiger partial charge >= 0.3 is 0 Å². The molecule has 0 saturated carbocycles. The fourth-order valence-corrected chi connectivity index (χ4v) is 5.99. The maximum absolute atomic E-state index is 13.7. The zero-order chi connectivity index (χ0) is 29.2. The predicted molar refractivity (Wildman–Crippen MR) is 170 cm³/mol. The Morgan fingerprint density at radius 3 is 2.26 bits per heavy atom. The molecule has 0 bridgehead atoms. The molecule has 2 aromatic carbocycles. The molecule has 6 rings (SSSR count). The number of pyridine rings is 2. The molecule has 3 aromatic heterocycles. The van der Waals surface area contributed by atoms with Gasteiger partial charge in [0.05, 0.1) is 0 Å². The summed E-state index contributed by atoms with van der Waals surface area (Å²) in [4.78, 5) is 36.4. The second-order valence-electron chi connectivity index (χ2n) is 11.0. The number of nitrogens with zero attached hydrogens (tertiary/aromatic N) is 4. The van der Waals surface area contributed by atoms with E-state index < -0.39 is 11.7 Å². The van der Waals surface area contributed by atoms with Crippen LogP contribution in [0.4, 0.5) is 17.2 Å². The van der Waals surface area contributed by atoms with Crippen LogP contribution in [0, 0.1) is 20.8 Å². The Bertz CT molecular complexity index is 1740. The van der Waals surface area contributed by atoms with Gasteiger partial charge in [0.2, 0.25) is 0 Å². The van der Waals surface area contributed by atoms with Gasteiger partial charge in [0.15, 0.2) is 0 Å². The van der Waals surface area contributed by atoms with Gasteiger partial charge in [0, 0.05) is 60.5 Å². The standard InChI is InChI=1S/C35H35N5O2/c1-24-22-25(2)36-31(23-24)39-18-9-17-38(20-21-39)29-15-13-28(14-16-29)37-35(42)34(41)33-32(27-10-5-4-6-11-27)26(3)30-12-7-8-19-40(30)33/h4-8,10-16,19,22-23H,9,17-18,20-21H2,1-3H3,(H,37,42). The third-order valence-corrected chi connectivity index (χ3v) is 7.98. The van der Waals surface area contributed by atoms with Gasteiger partial charge in [-0.3, -0.25) is 9.59 Å². The van der Waals surface area contributed by atoms with E-state index in [1.165, 1.54) is 5.56 Å². The van der Waals surface area contributed by atoms with Crippen molar-refractivity contribution in [1.82, 2.24) is 9.38 Å². The number of anilines is 3. The Kier molecular flexibility index (Phi) is 7.48. The average Bonchev–Trinajstić information content (AvgIpc) is 3.12. The number of fused-ring (bicyclic) bond motifs is 1. The molecular formula is C35H35N5O2. The van der Waals surface area contributed by atoms with Crippen molar-refractivity contribution in [1.29, 1.82) is 0 Å². The molecule has 7 heteroatoms. The lowest BCUT2D eigenvalue weighted by atomic mass is 9.99. The molecule has 7 nitrogen and oxygen atoms in total. The van der Waals surface area contributed by atoms with Crippen LogP contribution in [0.5, 0.6) is 0 Å². The fourth-order valence-electron chi connectivity index (χ4n) is 5.99. The molecule has 0 atom stereocenters. The van der Waals surface area contributed by atoms with Gasteiger partial charge in [-0.25, -0.2) is 4.98 Å². The second kappa shape index (κ2) is 11.5. The van der Waals surface area contributed by atoms with Crippen LogP contribution in [0.3, 0.4) is 0 Å². The highest BCUT2D eigenvalue weighted by Crippen LogP contribution is 2.33. The number of benzene rings is 2. The number of aryl methyl sites for hydroxylation is 3. The van der Waals surface area contributed by atoms with Crippen LogP contribution in [0.25, 0.3) is 16.6 Å².